The van der Waals surface area contributed by atoms with Crippen molar-refractivity contribution in [3.8, 4) is 11.5 Å². The van der Waals surface area contributed by atoms with Crippen LogP contribution in [0.4, 0.5) is 5.69 Å². The summed E-state index contributed by atoms with van der Waals surface area (Å²) >= 11 is 6.19. The van der Waals surface area contributed by atoms with E-state index in [-0.39, 0.29) is 0 Å². The molecule has 0 spiro atoms. The second kappa shape index (κ2) is 6.25. The summed E-state index contributed by atoms with van der Waals surface area (Å²) < 4.78 is 10.4. The fraction of sp³-hybridized carbons (Fsp3) is 0.133. The van der Waals surface area contributed by atoms with E-state index in [1.807, 2.05) is 36.4 Å². The second-order valence-corrected chi connectivity index (χ2v) is 4.17. The molecule has 98 valence electrons. The highest BCUT2D eigenvalue weighted by molar-refractivity contribution is 6.69. The predicted molar refractivity (Wildman–Crippen MR) is 78.0 cm³/mol. The third-order valence-corrected chi connectivity index (χ3v) is 2.91. The van der Waals surface area contributed by atoms with Crippen LogP contribution in [-0.2, 0) is 0 Å². The van der Waals surface area contributed by atoms with E-state index < -0.39 is 0 Å². The van der Waals surface area contributed by atoms with Crippen molar-refractivity contribution in [2.75, 3.05) is 14.2 Å². The highest BCUT2D eigenvalue weighted by Gasteiger charge is 2.05. The standard InChI is InChI=1S/C15H14ClNO2/c1-18-13-9-8-12(10-14(13)19-2)17-15(16)11-6-4-3-5-7-11/h3-10H,1-2H3/b17-15-. The molecule has 0 amide bonds. The van der Waals surface area contributed by atoms with Crippen molar-refractivity contribution in [3.63, 3.8) is 0 Å². The third-order valence-electron chi connectivity index (χ3n) is 2.61. The predicted octanol–water partition coefficient (Wildman–Crippen LogP) is 4.02. The lowest BCUT2D eigenvalue weighted by Crippen LogP contribution is -1.91. The average molecular weight is 276 g/mol. The van der Waals surface area contributed by atoms with Gasteiger partial charge < -0.3 is 9.47 Å². The van der Waals surface area contributed by atoms with Gasteiger partial charge >= 0.3 is 0 Å². The molecular weight excluding hydrogens is 262 g/mol. The topological polar surface area (TPSA) is 30.8 Å². The monoisotopic (exact) mass is 275 g/mol. The summed E-state index contributed by atoms with van der Waals surface area (Å²) in [6.45, 7) is 0. The van der Waals surface area contributed by atoms with E-state index in [0.29, 0.717) is 22.4 Å². The number of nitrogens with zero attached hydrogens (tertiary/aromatic N) is 1. The Balaban J connectivity index is 2.33. The number of methoxy groups -OCH3 is 2. The molecule has 0 radical (unpaired) electrons. The van der Waals surface area contributed by atoms with Crippen LogP contribution in [-0.4, -0.2) is 19.4 Å². The van der Waals surface area contributed by atoms with Crippen molar-refractivity contribution < 1.29 is 9.47 Å². The van der Waals surface area contributed by atoms with Crippen LogP contribution in [0.1, 0.15) is 5.56 Å². The van der Waals surface area contributed by atoms with Crippen molar-refractivity contribution in [1.29, 1.82) is 0 Å². The van der Waals surface area contributed by atoms with Crippen LogP contribution < -0.4 is 9.47 Å². The molecule has 0 aliphatic heterocycles. The molecule has 0 bridgehead atoms. The lowest BCUT2D eigenvalue weighted by atomic mass is 10.2. The summed E-state index contributed by atoms with van der Waals surface area (Å²) in [7, 11) is 3.18. The fourth-order valence-electron chi connectivity index (χ4n) is 1.65. The van der Waals surface area contributed by atoms with Crippen molar-refractivity contribution >= 4 is 22.5 Å². The third kappa shape index (κ3) is 3.26. The van der Waals surface area contributed by atoms with Gasteiger partial charge in [-0.05, 0) is 12.1 Å². The Bertz CT molecular complexity index is 582. The van der Waals surface area contributed by atoms with Gasteiger partial charge in [0.1, 0.15) is 5.17 Å². The normalized spacial score (nSPS) is 11.2. The molecule has 0 aliphatic rings. The first kappa shape index (κ1) is 13.4. The molecule has 0 unspecified atom stereocenters. The average Bonchev–Trinajstić information content (AvgIpc) is 2.48. The largest absolute Gasteiger partial charge is 0.493 e. The molecule has 0 aromatic heterocycles. The van der Waals surface area contributed by atoms with E-state index in [1.165, 1.54) is 0 Å². The molecule has 4 heteroatoms. The Morgan fingerprint density at radius 1 is 0.947 bits per heavy atom. The van der Waals surface area contributed by atoms with Crippen LogP contribution in [0, 0.1) is 0 Å². The molecule has 19 heavy (non-hydrogen) atoms. The van der Waals surface area contributed by atoms with Crippen LogP contribution in [0.2, 0.25) is 0 Å². The zero-order valence-electron chi connectivity index (χ0n) is 10.8. The van der Waals surface area contributed by atoms with Gasteiger partial charge in [-0.1, -0.05) is 41.9 Å². The Labute approximate surface area is 117 Å². The molecule has 2 aromatic carbocycles. The van der Waals surface area contributed by atoms with E-state index in [1.54, 1.807) is 26.4 Å². The second-order valence-electron chi connectivity index (χ2n) is 3.81. The van der Waals surface area contributed by atoms with Gasteiger partial charge in [0.2, 0.25) is 0 Å². The first-order chi connectivity index (χ1) is 9.24. The van der Waals surface area contributed by atoms with Crippen LogP contribution in [0.15, 0.2) is 53.5 Å². The smallest absolute Gasteiger partial charge is 0.162 e. The van der Waals surface area contributed by atoms with Crippen LogP contribution in [0.5, 0.6) is 11.5 Å². The maximum Gasteiger partial charge on any atom is 0.162 e. The maximum absolute atomic E-state index is 6.19. The summed E-state index contributed by atoms with van der Waals surface area (Å²) in [5, 5.41) is 0.438. The Kier molecular flexibility index (Phi) is 4.42. The van der Waals surface area contributed by atoms with Gasteiger partial charge in [-0.3, -0.25) is 0 Å². The number of aliphatic imine (C=N–C) groups is 1. The summed E-state index contributed by atoms with van der Waals surface area (Å²) in [6, 6.07) is 15.0. The minimum absolute atomic E-state index is 0.438. The minimum atomic E-state index is 0.438. The molecule has 0 heterocycles. The van der Waals surface area contributed by atoms with Gasteiger partial charge in [0, 0.05) is 11.6 Å². The number of hydrogen-bond acceptors (Lipinski definition) is 3. The van der Waals surface area contributed by atoms with E-state index in [0.717, 1.165) is 5.56 Å². The molecular formula is C15H14ClNO2. The van der Waals surface area contributed by atoms with Gasteiger partial charge in [-0.15, -0.1) is 0 Å². The highest BCUT2D eigenvalue weighted by Crippen LogP contribution is 2.31. The van der Waals surface area contributed by atoms with Gasteiger partial charge in [-0.25, -0.2) is 4.99 Å². The van der Waals surface area contributed by atoms with Crippen LogP contribution >= 0.6 is 11.6 Å². The van der Waals surface area contributed by atoms with Gasteiger partial charge in [0.25, 0.3) is 0 Å². The number of halogens is 1. The molecule has 2 rings (SSSR count). The van der Waals surface area contributed by atoms with Crippen LogP contribution in [0.3, 0.4) is 0 Å². The lowest BCUT2D eigenvalue weighted by Gasteiger charge is -2.07. The molecule has 0 aliphatic carbocycles. The fourth-order valence-corrected chi connectivity index (χ4v) is 1.87. The molecule has 3 nitrogen and oxygen atoms in total. The van der Waals surface area contributed by atoms with Crippen molar-refractivity contribution in [2.45, 2.75) is 0 Å². The number of ether oxygens (including phenoxy) is 2. The van der Waals surface area contributed by atoms with Gasteiger partial charge in [0.05, 0.1) is 19.9 Å². The first-order valence-corrected chi connectivity index (χ1v) is 6.14. The summed E-state index contributed by atoms with van der Waals surface area (Å²) in [5.41, 5.74) is 1.59. The highest BCUT2D eigenvalue weighted by atomic mass is 35.5. The molecule has 0 atom stereocenters. The quantitative estimate of drug-likeness (QED) is 0.789. The van der Waals surface area contributed by atoms with E-state index >= 15 is 0 Å². The summed E-state index contributed by atoms with van der Waals surface area (Å²) in [6.07, 6.45) is 0. The number of hydrogen-bond donors (Lipinski definition) is 0. The van der Waals surface area contributed by atoms with E-state index in [9.17, 15) is 0 Å². The zero-order valence-corrected chi connectivity index (χ0v) is 11.5. The summed E-state index contributed by atoms with van der Waals surface area (Å²) in [4.78, 5) is 4.36. The maximum atomic E-state index is 6.19. The number of benzene rings is 2. The van der Waals surface area contributed by atoms with Crippen molar-refractivity contribution in [1.82, 2.24) is 0 Å². The Morgan fingerprint density at radius 2 is 1.63 bits per heavy atom. The molecule has 2 aromatic rings. The SMILES string of the molecule is COc1ccc(/N=C(\Cl)c2ccccc2)cc1OC. The van der Waals surface area contributed by atoms with E-state index in [2.05, 4.69) is 4.99 Å². The first-order valence-electron chi connectivity index (χ1n) is 5.76. The number of rotatable bonds is 4. The Hall–Kier alpha value is -2.00. The van der Waals surface area contributed by atoms with Crippen molar-refractivity contribution in [3.05, 3.63) is 54.1 Å². The van der Waals surface area contributed by atoms with Crippen molar-refractivity contribution in [2.24, 2.45) is 4.99 Å². The molecule has 0 N–H and O–H groups in total. The zero-order chi connectivity index (χ0) is 13.7. The molecule has 0 saturated heterocycles. The van der Waals surface area contributed by atoms with Gasteiger partial charge in [0.15, 0.2) is 11.5 Å². The summed E-state index contributed by atoms with van der Waals surface area (Å²) in [5.74, 6) is 1.29. The lowest BCUT2D eigenvalue weighted by molar-refractivity contribution is 0.355. The Morgan fingerprint density at radius 3 is 2.26 bits per heavy atom. The van der Waals surface area contributed by atoms with E-state index in [4.69, 9.17) is 21.1 Å². The molecule has 0 saturated carbocycles. The molecule has 0 fully saturated rings. The van der Waals surface area contributed by atoms with Crippen LogP contribution in [0.25, 0.3) is 0 Å². The van der Waals surface area contributed by atoms with Gasteiger partial charge in [-0.2, -0.15) is 0 Å². The minimum Gasteiger partial charge on any atom is -0.493 e.